The van der Waals surface area contributed by atoms with Gasteiger partial charge in [0.2, 0.25) is 0 Å². The molecule has 2 aliphatic carbocycles. The Morgan fingerprint density at radius 2 is 1.60 bits per heavy atom. The molecule has 0 bridgehead atoms. The molecule has 2 aliphatic rings. The summed E-state index contributed by atoms with van der Waals surface area (Å²) in [5.74, 6) is 1.37. The number of benzene rings is 1. The summed E-state index contributed by atoms with van der Waals surface area (Å²) in [5, 5.41) is 0. The van der Waals surface area contributed by atoms with Crippen LogP contribution >= 0.6 is 0 Å². The van der Waals surface area contributed by atoms with E-state index in [-0.39, 0.29) is 0 Å². The number of rotatable bonds is 6. The zero-order chi connectivity index (χ0) is 21.7. The standard InChI is InChI=1S/C25H34F4O/c1-3-4-18-5-9-20(10-6-18)21-11-7-19(8-12-21)15-17(2)22-13-14-24(23(26)16-22)30-25(27,28)29/h13-16,18-21H,3-12H2,1-2H3/b17-15+. The number of allylic oxidation sites excluding steroid dienone is 2. The molecule has 0 atom stereocenters. The summed E-state index contributed by atoms with van der Waals surface area (Å²) in [7, 11) is 0. The first kappa shape index (κ1) is 23.1. The largest absolute Gasteiger partial charge is 0.573 e. The fourth-order valence-electron chi connectivity index (χ4n) is 5.54. The summed E-state index contributed by atoms with van der Waals surface area (Å²) in [6.07, 6.45) is 10.4. The van der Waals surface area contributed by atoms with Gasteiger partial charge in [-0.15, -0.1) is 13.2 Å². The second-order valence-electron chi connectivity index (χ2n) is 9.29. The lowest BCUT2D eigenvalue weighted by atomic mass is 9.68. The van der Waals surface area contributed by atoms with E-state index in [1.807, 2.05) is 6.92 Å². The van der Waals surface area contributed by atoms with E-state index in [2.05, 4.69) is 17.7 Å². The van der Waals surface area contributed by atoms with Crippen LogP contribution in [0.4, 0.5) is 17.6 Å². The lowest BCUT2D eigenvalue weighted by molar-refractivity contribution is -0.275. The van der Waals surface area contributed by atoms with Crippen molar-refractivity contribution >= 4 is 5.57 Å². The normalized spacial score (nSPS) is 28.4. The van der Waals surface area contributed by atoms with E-state index in [1.54, 1.807) is 0 Å². The van der Waals surface area contributed by atoms with Crippen molar-refractivity contribution in [3.05, 3.63) is 35.7 Å². The third-order valence-electron chi connectivity index (χ3n) is 7.17. The smallest absolute Gasteiger partial charge is 0.403 e. The fraction of sp³-hybridized carbons (Fsp3) is 0.680. The van der Waals surface area contributed by atoms with E-state index < -0.39 is 17.9 Å². The molecule has 1 aromatic rings. The van der Waals surface area contributed by atoms with Gasteiger partial charge in [0, 0.05) is 0 Å². The Morgan fingerprint density at radius 3 is 2.13 bits per heavy atom. The molecule has 5 heteroatoms. The highest BCUT2D eigenvalue weighted by molar-refractivity contribution is 5.64. The molecule has 0 heterocycles. The second kappa shape index (κ2) is 10.2. The van der Waals surface area contributed by atoms with Crippen LogP contribution < -0.4 is 4.74 Å². The molecule has 30 heavy (non-hydrogen) atoms. The number of alkyl halides is 3. The molecular weight excluding hydrogens is 392 g/mol. The summed E-state index contributed by atoms with van der Waals surface area (Å²) in [4.78, 5) is 0. The Morgan fingerprint density at radius 1 is 1.00 bits per heavy atom. The summed E-state index contributed by atoms with van der Waals surface area (Å²) < 4.78 is 54.6. The molecule has 0 amide bonds. The van der Waals surface area contributed by atoms with Gasteiger partial charge in [-0.25, -0.2) is 4.39 Å². The maximum absolute atomic E-state index is 14.0. The third kappa shape index (κ3) is 6.49. The Bertz CT molecular complexity index is 708. The van der Waals surface area contributed by atoms with Crippen LogP contribution in [0.15, 0.2) is 24.3 Å². The minimum atomic E-state index is -4.89. The maximum Gasteiger partial charge on any atom is 0.573 e. The maximum atomic E-state index is 14.0. The van der Waals surface area contributed by atoms with Crippen molar-refractivity contribution in [2.45, 2.75) is 84.4 Å². The van der Waals surface area contributed by atoms with Gasteiger partial charge in [-0.3, -0.25) is 0 Å². The predicted molar refractivity (Wildman–Crippen MR) is 113 cm³/mol. The SMILES string of the molecule is CCCC1CCC(C2CCC(/C=C(\C)c3ccc(OC(F)(F)F)c(F)c3)CC2)CC1. The van der Waals surface area contributed by atoms with Crippen molar-refractivity contribution in [1.29, 1.82) is 0 Å². The first-order chi connectivity index (χ1) is 14.2. The number of hydrogen-bond acceptors (Lipinski definition) is 1. The Labute approximate surface area is 177 Å². The highest BCUT2D eigenvalue weighted by atomic mass is 19.4. The molecule has 2 fully saturated rings. The molecule has 0 aromatic heterocycles. The summed E-state index contributed by atoms with van der Waals surface area (Å²) in [5.41, 5.74) is 1.52. The van der Waals surface area contributed by atoms with Crippen LogP contribution in [-0.2, 0) is 0 Å². The molecule has 0 unspecified atom stereocenters. The summed E-state index contributed by atoms with van der Waals surface area (Å²) in [6.45, 7) is 4.18. The van der Waals surface area contributed by atoms with Crippen molar-refractivity contribution in [2.75, 3.05) is 0 Å². The van der Waals surface area contributed by atoms with E-state index in [9.17, 15) is 17.6 Å². The number of ether oxygens (including phenoxy) is 1. The Balaban J connectivity index is 1.52. The van der Waals surface area contributed by atoms with E-state index in [1.165, 1.54) is 57.4 Å². The van der Waals surface area contributed by atoms with Crippen LogP contribution in [0, 0.1) is 29.5 Å². The predicted octanol–water partition coefficient (Wildman–Crippen LogP) is 8.54. The van der Waals surface area contributed by atoms with Gasteiger partial charge in [-0.1, -0.05) is 44.7 Å². The van der Waals surface area contributed by atoms with Gasteiger partial charge >= 0.3 is 6.36 Å². The zero-order valence-corrected chi connectivity index (χ0v) is 18.1. The monoisotopic (exact) mass is 426 g/mol. The number of halogens is 4. The molecule has 0 spiro atoms. The van der Waals surface area contributed by atoms with Crippen LogP contribution in [0.3, 0.4) is 0 Å². The van der Waals surface area contributed by atoms with Crippen LogP contribution in [0.5, 0.6) is 5.75 Å². The molecule has 1 nitrogen and oxygen atoms in total. The average Bonchev–Trinajstić information content (AvgIpc) is 2.70. The first-order valence-electron chi connectivity index (χ1n) is 11.5. The van der Waals surface area contributed by atoms with Gasteiger partial charge in [0.05, 0.1) is 0 Å². The van der Waals surface area contributed by atoms with Gasteiger partial charge in [0.1, 0.15) is 0 Å². The van der Waals surface area contributed by atoms with Crippen molar-refractivity contribution in [3.8, 4) is 5.75 Å². The molecule has 168 valence electrons. The van der Waals surface area contributed by atoms with Crippen molar-refractivity contribution in [3.63, 3.8) is 0 Å². The molecule has 0 saturated heterocycles. The van der Waals surface area contributed by atoms with Crippen LogP contribution in [0.1, 0.15) is 83.6 Å². The van der Waals surface area contributed by atoms with Crippen molar-refractivity contribution < 1.29 is 22.3 Å². The molecule has 1 aromatic carbocycles. The molecule has 2 saturated carbocycles. The third-order valence-corrected chi connectivity index (χ3v) is 7.17. The van der Waals surface area contributed by atoms with Crippen LogP contribution in [0.25, 0.3) is 5.57 Å². The molecule has 0 radical (unpaired) electrons. The molecule has 0 N–H and O–H groups in total. The highest BCUT2D eigenvalue weighted by Gasteiger charge is 2.33. The van der Waals surface area contributed by atoms with E-state index in [4.69, 9.17) is 0 Å². The minimum Gasteiger partial charge on any atom is -0.403 e. The van der Waals surface area contributed by atoms with E-state index >= 15 is 0 Å². The van der Waals surface area contributed by atoms with Crippen molar-refractivity contribution in [1.82, 2.24) is 0 Å². The van der Waals surface area contributed by atoms with E-state index in [0.717, 1.165) is 48.3 Å². The number of hydrogen-bond donors (Lipinski definition) is 0. The highest BCUT2D eigenvalue weighted by Crippen LogP contribution is 2.43. The quantitative estimate of drug-likeness (QED) is 0.414. The fourth-order valence-corrected chi connectivity index (χ4v) is 5.54. The lowest BCUT2D eigenvalue weighted by Crippen LogP contribution is -2.25. The molecular formula is C25H34F4O. The molecule has 3 rings (SSSR count). The van der Waals surface area contributed by atoms with Crippen molar-refractivity contribution in [2.24, 2.45) is 23.7 Å². The van der Waals surface area contributed by atoms with Gasteiger partial charge in [0.15, 0.2) is 11.6 Å². The van der Waals surface area contributed by atoms with Gasteiger partial charge in [0.25, 0.3) is 0 Å². The minimum absolute atomic E-state index is 0.465. The zero-order valence-electron chi connectivity index (χ0n) is 18.1. The summed E-state index contributed by atoms with van der Waals surface area (Å²) in [6, 6.07) is 3.69. The second-order valence-corrected chi connectivity index (χ2v) is 9.29. The van der Waals surface area contributed by atoms with Crippen LogP contribution in [0.2, 0.25) is 0 Å². The summed E-state index contributed by atoms with van der Waals surface area (Å²) >= 11 is 0. The topological polar surface area (TPSA) is 9.23 Å². The van der Waals surface area contributed by atoms with E-state index in [0.29, 0.717) is 11.5 Å². The van der Waals surface area contributed by atoms with Crippen LogP contribution in [-0.4, -0.2) is 6.36 Å². The van der Waals surface area contributed by atoms with Gasteiger partial charge < -0.3 is 4.74 Å². The van der Waals surface area contributed by atoms with Gasteiger partial charge in [-0.2, -0.15) is 0 Å². The lowest BCUT2D eigenvalue weighted by Gasteiger charge is -2.37. The Hall–Kier alpha value is -1.52. The average molecular weight is 427 g/mol. The molecule has 0 aliphatic heterocycles. The van der Waals surface area contributed by atoms with Gasteiger partial charge in [-0.05, 0) is 92.4 Å². The Kier molecular flexibility index (Phi) is 7.86. The first-order valence-corrected chi connectivity index (χ1v) is 11.5.